The molecule has 0 radical (unpaired) electrons. The van der Waals surface area contributed by atoms with Crippen LogP contribution in [0, 0.1) is 11.7 Å². The second kappa shape index (κ2) is 5.70. The van der Waals surface area contributed by atoms with Gasteiger partial charge in [-0.15, -0.1) is 0 Å². The third-order valence-electron chi connectivity index (χ3n) is 4.37. The zero-order valence-electron chi connectivity index (χ0n) is 12.1. The lowest BCUT2D eigenvalue weighted by Gasteiger charge is -2.37. The smallest absolute Gasteiger partial charge is 0.131 e. The summed E-state index contributed by atoms with van der Waals surface area (Å²) in [4.78, 5) is 4.71. The van der Waals surface area contributed by atoms with E-state index in [4.69, 9.17) is 0 Å². The Balaban J connectivity index is 1.69. The topological polar surface area (TPSA) is 26.7 Å². The van der Waals surface area contributed by atoms with Gasteiger partial charge in [0, 0.05) is 44.0 Å². The zero-order valence-corrected chi connectivity index (χ0v) is 12.1. The average molecular weight is 278 g/mol. The van der Waals surface area contributed by atoms with E-state index in [2.05, 4.69) is 9.80 Å². The van der Waals surface area contributed by atoms with E-state index in [1.165, 1.54) is 25.5 Å². The van der Waals surface area contributed by atoms with Gasteiger partial charge >= 0.3 is 0 Å². The lowest BCUT2D eigenvalue weighted by atomic mass is 10.1. The van der Waals surface area contributed by atoms with E-state index in [1.807, 2.05) is 6.07 Å². The highest BCUT2D eigenvalue weighted by atomic mass is 19.1. The van der Waals surface area contributed by atoms with E-state index >= 15 is 0 Å². The Labute approximate surface area is 120 Å². The summed E-state index contributed by atoms with van der Waals surface area (Å²) in [5.41, 5.74) is 1.29. The van der Waals surface area contributed by atoms with Crippen LogP contribution in [0.5, 0.6) is 0 Å². The van der Waals surface area contributed by atoms with Gasteiger partial charge in [-0.05, 0) is 37.8 Å². The Morgan fingerprint density at radius 1 is 1.25 bits per heavy atom. The van der Waals surface area contributed by atoms with Gasteiger partial charge in [-0.3, -0.25) is 4.90 Å². The van der Waals surface area contributed by atoms with E-state index in [9.17, 15) is 9.50 Å². The first-order valence-corrected chi connectivity index (χ1v) is 7.59. The van der Waals surface area contributed by atoms with Crippen LogP contribution in [0.1, 0.15) is 31.4 Å². The van der Waals surface area contributed by atoms with Gasteiger partial charge < -0.3 is 10.0 Å². The monoisotopic (exact) mass is 278 g/mol. The second-order valence-electron chi connectivity index (χ2n) is 6.08. The molecule has 1 aromatic rings. The minimum atomic E-state index is -0.768. The van der Waals surface area contributed by atoms with E-state index in [0.29, 0.717) is 5.56 Å². The number of rotatable bonds is 4. The first-order chi connectivity index (χ1) is 9.65. The van der Waals surface area contributed by atoms with Gasteiger partial charge in [0.1, 0.15) is 5.82 Å². The molecule has 2 fully saturated rings. The quantitative estimate of drug-likeness (QED) is 0.916. The number of nitrogens with zero attached hydrogens (tertiary/aromatic N) is 2. The Bertz CT molecular complexity index is 466. The molecule has 1 aliphatic carbocycles. The molecule has 1 saturated carbocycles. The molecule has 1 atom stereocenters. The van der Waals surface area contributed by atoms with Crippen molar-refractivity contribution in [1.82, 2.24) is 4.90 Å². The largest absolute Gasteiger partial charge is 0.389 e. The predicted molar refractivity (Wildman–Crippen MR) is 78.4 cm³/mol. The predicted octanol–water partition coefficient (Wildman–Crippen LogP) is 2.41. The number of hydrogen-bond acceptors (Lipinski definition) is 3. The van der Waals surface area contributed by atoms with E-state index in [0.717, 1.165) is 37.8 Å². The number of hydrogen-bond donors (Lipinski definition) is 1. The minimum absolute atomic E-state index is 0.307. The van der Waals surface area contributed by atoms with Crippen LogP contribution in [0.2, 0.25) is 0 Å². The number of aliphatic hydroxyl groups is 1. The highest BCUT2D eigenvalue weighted by Gasteiger charge is 2.27. The summed E-state index contributed by atoms with van der Waals surface area (Å²) in [6.07, 6.45) is 2.00. The fourth-order valence-corrected chi connectivity index (χ4v) is 3.05. The molecule has 0 bridgehead atoms. The lowest BCUT2D eigenvalue weighted by molar-refractivity contribution is 0.193. The summed E-state index contributed by atoms with van der Waals surface area (Å²) >= 11 is 0. The number of piperazine rings is 1. The third-order valence-corrected chi connectivity index (χ3v) is 4.37. The van der Waals surface area contributed by atoms with Crippen molar-refractivity contribution in [1.29, 1.82) is 0 Å². The van der Waals surface area contributed by atoms with Gasteiger partial charge in [-0.1, -0.05) is 6.07 Å². The second-order valence-corrected chi connectivity index (χ2v) is 6.08. The molecule has 1 saturated heterocycles. The molecule has 20 heavy (non-hydrogen) atoms. The average Bonchev–Trinajstić information content (AvgIpc) is 3.23. The van der Waals surface area contributed by atoms with Gasteiger partial charge in [0.15, 0.2) is 0 Å². The molecule has 1 aromatic carbocycles. The summed E-state index contributed by atoms with van der Waals surface area (Å²) in [7, 11) is 0. The van der Waals surface area contributed by atoms with Crippen molar-refractivity contribution in [3.63, 3.8) is 0 Å². The molecule has 1 aliphatic heterocycles. The molecular formula is C16H23FN2O. The summed E-state index contributed by atoms with van der Waals surface area (Å²) in [5, 5.41) is 9.82. The highest BCUT2D eigenvalue weighted by molar-refractivity contribution is 5.55. The number of benzene rings is 1. The summed E-state index contributed by atoms with van der Waals surface area (Å²) in [6.45, 7) is 6.75. The maximum absolute atomic E-state index is 13.9. The Morgan fingerprint density at radius 3 is 2.55 bits per heavy atom. The number of halogens is 1. The molecule has 3 nitrogen and oxygen atoms in total. The van der Waals surface area contributed by atoms with Crippen LogP contribution in [0.25, 0.3) is 0 Å². The molecule has 1 N–H and O–H groups in total. The van der Waals surface area contributed by atoms with Crippen LogP contribution in [-0.2, 0) is 0 Å². The van der Waals surface area contributed by atoms with Gasteiger partial charge in [-0.25, -0.2) is 4.39 Å². The maximum Gasteiger partial charge on any atom is 0.131 e. The van der Waals surface area contributed by atoms with Crippen LogP contribution in [0.4, 0.5) is 10.1 Å². The van der Waals surface area contributed by atoms with Crippen molar-refractivity contribution in [2.45, 2.75) is 25.9 Å². The minimum Gasteiger partial charge on any atom is -0.389 e. The standard InChI is InChI=1S/C16H23FN2O/c1-12(20)16-14(17)3-2-4-15(16)19-9-7-18(8-10-19)11-13-5-6-13/h2-4,12-13,20H,5-11H2,1H3/t12-/m1/s1. The highest BCUT2D eigenvalue weighted by Crippen LogP contribution is 2.32. The normalized spacial score (nSPS) is 22.1. The number of anilines is 1. The van der Waals surface area contributed by atoms with Gasteiger partial charge in [-0.2, -0.15) is 0 Å². The molecule has 2 aliphatic rings. The first kappa shape index (κ1) is 13.8. The SMILES string of the molecule is C[C@@H](O)c1c(F)cccc1N1CCN(CC2CC2)CC1. The van der Waals surface area contributed by atoms with Crippen LogP contribution in [-0.4, -0.2) is 42.7 Å². The van der Waals surface area contributed by atoms with Crippen molar-refractivity contribution in [3.05, 3.63) is 29.6 Å². The van der Waals surface area contributed by atoms with Crippen LogP contribution in [0.15, 0.2) is 18.2 Å². The molecule has 0 spiro atoms. The van der Waals surface area contributed by atoms with E-state index in [-0.39, 0.29) is 5.82 Å². The Morgan fingerprint density at radius 2 is 1.95 bits per heavy atom. The molecule has 0 unspecified atom stereocenters. The fraction of sp³-hybridized carbons (Fsp3) is 0.625. The summed E-state index contributed by atoms with van der Waals surface area (Å²) in [5.74, 6) is 0.613. The molecular weight excluding hydrogens is 255 g/mol. The van der Waals surface area contributed by atoms with Crippen LogP contribution >= 0.6 is 0 Å². The van der Waals surface area contributed by atoms with Crippen molar-refractivity contribution >= 4 is 5.69 Å². The first-order valence-electron chi connectivity index (χ1n) is 7.59. The van der Waals surface area contributed by atoms with Crippen molar-refractivity contribution in [2.75, 3.05) is 37.6 Å². The van der Waals surface area contributed by atoms with E-state index < -0.39 is 6.10 Å². The lowest BCUT2D eigenvalue weighted by Crippen LogP contribution is -2.47. The summed E-state index contributed by atoms with van der Waals surface area (Å²) in [6, 6.07) is 5.07. The number of aliphatic hydroxyl groups excluding tert-OH is 1. The van der Waals surface area contributed by atoms with Gasteiger partial charge in [0.05, 0.1) is 6.10 Å². The van der Waals surface area contributed by atoms with Crippen molar-refractivity contribution in [2.24, 2.45) is 5.92 Å². The summed E-state index contributed by atoms with van der Waals surface area (Å²) < 4.78 is 13.9. The molecule has 4 heteroatoms. The van der Waals surface area contributed by atoms with Gasteiger partial charge in [0.25, 0.3) is 0 Å². The van der Waals surface area contributed by atoms with Crippen LogP contribution in [0.3, 0.4) is 0 Å². The molecule has 3 rings (SSSR count). The molecule has 1 heterocycles. The zero-order chi connectivity index (χ0) is 14.1. The fourth-order valence-electron chi connectivity index (χ4n) is 3.05. The van der Waals surface area contributed by atoms with E-state index in [1.54, 1.807) is 13.0 Å². The Hall–Kier alpha value is -1.13. The van der Waals surface area contributed by atoms with Crippen LogP contribution < -0.4 is 4.90 Å². The maximum atomic E-state index is 13.9. The molecule has 0 aromatic heterocycles. The third kappa shape index (κ3) is 2.96. The van der Waals surface area contributed by atoms with Gasteiger partial charge in [0.2, 0.25) is 0 Å². The molecule has 0 amide bonds. The molecule has 110 valence electrons. The van der Waals surface area contributed by atoms with Crippen molar-refractivity contribution in [3.8, 4) is 0 Å². The van der Waals surface area contributed by atoms with Crippen molar-refractivity contribution < 1.29 is 9.50 Å². The Kier molecular flexibility index (Phi) is 3.94.